The van der Waals surface area contributed by atoms with Crippen LogP contribution < -0.4 is 14.8 Å². The second kappa shape index (κ2) is 15.7. The number of nitrogens with one attached hydrogen (secondary N) is 1. The molecule has 0 aliphatic carbocycles. The monoisotopic (exact) mass is 399 g/mol. The van der Waals surface area contributed by atoms with Crippen LogP contribution in [-0.2, 0) is 20.9 Å². The summed E-state index contributed by atoms with van der Waals surface area (Å²) < 4.78 is 16.5. The first kappa shape index (κ1) is 25.7. The zero-order valence-corrected chi connectivity index (χ0v) is 17.2. The molecule has 0 heterocycles. The predicted octanol–water partition coefficient (Wildman–Crippen LogP) is 2.79. The van der Waals surface area contributed by atoms with Gasteiger partial charge in [-0.25, -0.2) is 9.59 Å². The van der Waals surface area contributed by atoms with E-state index < -0.39 is 11.9 Å². The van der Waals surface area contributed by atoms with Crippen LogP contribution in [0.2, 0.25) is 0 Å². The minimum atomic E-state index is -1.82. The van der Waals surface area contributed by atoms with Crippen molar-refractivity contribution in [1.82, 2.24) is 5.32 Å². The van der Waals surface area contributed by atoms with E-state index in [2.05, 4.69) is 25.2 Å². The molecule has 0 aromatic heterocycles. The van der Waals surface area contributed by atoms with Crippen LogP contribution in [-0.4, -0.2) is 55.6 Å². The van der Waals surface area contributed by atoms with Gasteiger partial charge in [-0.05, 0) is 49.9 Å². The molecule has 0 bridgehead atoms. The highest BCUT2D eigenvalue weighted by atomic mass is 16.5. The van der Waals surface area contributed by atoms with Crippen molar-refractivity contribution in [2.45, 2.75) is 40.2 Å². The first-order valence-electron chi connectivity index (χ1n) is 9.36. The first-order chi connectivity index (χ1) is 13.3. The summed E-state index contributed by atoms with van der Waals surface area (Å²) in [5.41, 5.74) is 1.20. The fraction of sp³-hybridized carbons (Fsp3) is 0.600. The molecule has 0 saturated carbocycles. The molecule has 0 amide bonds. The molecule has 0 fully saturated rings. The molecule has 0 atom stereocenters. The number of aliphatic carboxylic acids is 2. The Morgan fingerprint density at radius 3 is 2.32 bits per heavy atom. The van der Waals surface area contributed by atoms with Crippen molar-refractivity contribution in [1.29, 1.82) is 0 Å². The van der Waals surface area contributed by atoms with Gasteiger partial charge in [0, 0.05) is 19.8 Å². The van der Waals surface area contributed by atoms with Gasteiger partial charge in [0.05, 0.1) is 13.7 Å². The van der Waals surface area contributed by atoms with Gasteiger partial charge in [-0.2, -0.15) is 0 Å². The molecule has 1 aromatic carbocycles. The van der Waals surface area contributed by atoms with E-state index in [1.54, 1.807) is 7.11 Å². The summed E-state index contributed by atoms with van der Waals surface area (Å²) in [6, 6.07) is 6.12. The maximum absolute atomic E-state index is 9.10. The molecule has 0 aliphatic heterocycles. The van der Waals surface area contributed by atoms with Crippen molar-refractivity contribution in [3.05, 3.63) is 23.8 Å². The molecule has 0 unspecified atom stereocenters. The molecule has 0 saturated heterocycles. The molecule has 3 N–H and O–H groups in total. The minimum absolute atomic E-state index is 0.645. The van der Waals surface area contributed by atoms with Gasteiger partial charge in [-0.3, -0.25) is 0 Å². The summed E-state index contributed by atoms with van der Waals surface area (Å²) >= 11 is 0. The molecular weight excluding hydrogens is 366 g/mol. The van der Waals surface area contributed by atoms with Crippen LogP contribution in [0.4, 0.5) is 0 Å². The third-order valence-corrected chi connectivity index (χ3v) is 3.54. The Balaban J connectivity index is 0.00000105. The quantitative estimate of drug-likeness (QED) is 0.363. The van der Waals surface area contributed by atoms with Crippen molar-refractivity contribution in [3.8, 4) is 11.5 Å². The third kappa shape index (κ3) is 12.9. The Labute approximate surface area is 166 Å². The lowest BCUT2D eigenvalue weighted by Gasteiger charge is -2.13. The zero-order chi connectivity index (χ0) is 21.4. The molecule has 0 aliphatic rings. The van der Waals surface area contributed by atoms with Crippen molar-refractivity contribution in [3.63, 3.8) is 0 Å². The predicted molar refractivity (Wildman–Crippen MR) is 106 cm³/mol. The second-order valence-corrected chi connectivity index (χ2v) is 6.35. The Kier molecular flexibility index (Phi) is 14.4. The third-order valence-electron chi connectivity index (χ3n) is 3.54. The lowest BCUT2D eigenvalue weighted by molar-refractivity contribution is -0.159. The number of hydrogen-bond donors (Lipinski definition) is 3. The maximum atomic E-state index is 9.10. The SMILES string of the molecule is CCOCCCNCc1ccc(OCCC(C)C)c(OC)c1.O=C(O)C(=O)O. The molecule has 1 rings (SSSR count). The molecule has 8 nitrogen and oxygen atoms in total. The average molecular weight is 399 g/mol. The number of hydrogen-bond acceptors (Lipinski definition) is 6. The molecule has 0 spiro atoms. The van der Waals surface area contributed by atoms with Gasteiger partial charge in [-0.1, -0.05) is 19.9 Å². The molecule has 0 radical (unpaired) electrons. The largest absolute Gasteiger partial charge is 0.493 e. The first-order valence-corrected chi connectivity index (χ1v) is 9.36. The van der Waals surface area contributed by atoms with Gasteiger partial charge in [0.1, 0.15) is 0 Å². The summed E-state index contributed by atoms with van der Waals surface area (Å²) in [7, 11) is 1.68. The second-order valence-electron chi connectivity index (χ2n) is 6.35. The number of benzene rings is 1. The van der Waals surface area contributed by atoms with Gasteiger partial charge in [0.25, 0.3) is 0 Å². The topological polar surface area (TPSA) is 114 Å². The van der Waals surface area contributed by atoms with Gasteiger partial charge >= 0.3 is 11.9 Å². The average Bonchev–Trinajstić information content (AvgIpc) is 2.65. The van der Waals surface area contributed by atoms with Crippen LogP contribution in [0.5, 0.6) is 11.5 Å². The van der Waals surface area contributed by atoms with Gasteiger partial charge in [0.2, 0.25) is 0 Å². The molecule has 160 valence electrons. The normalized spacial score (nSPS) is 10.2. The maximum Gasteiger partial charge on any atom is 0.414 e. The minimum Gasteiger partial charge on any atom is -0.493 e. The van der Waals surface area contributed by atoms with Crippen molar-refractivity contribution >= 4 is 11.9 Å². The van der Waals surface area contributed by atoms with E-state index >= 15 is 0 Å². The Morgan fingerprint density at radius 2 is 1.79 bits per heavy atom. The standard InChI is InChI=1S/C18H31NO3.C2H2O4/c1-5-21-11-6-10-19-14-16-7-8-17(18(13-16)20-4)22-12-9-15(2)3;3-1(4)2(5)6/h7-8,13,15,19H,5-6,9-12,14H2,1-4H3;(H,3,4)(H,5,6). The van der Waals surface area contributed by atoms with E-state index in [0.29, 0.717) is 5.92 Å². The summed E-state index contributed by atoms with van der Waals surface area (Å²) in [5, 5.41) is 18.2. The van der Waals surface area contributed by atoms with Crippen molar-refractivity contribution in [2.24, 2.45) is 5.92 Å². The smallest absolute Gasteiger partial charge is 0.414 e. The number of methoxy groups -OCH3 is 1. The summed E-state index contributed by atoms with van der Waals surface area (Å²) in [6.07, 6.45) is 2.08. The van der Waals surface area contributed by atoms with E-state index in [4.69, 9.17) is 34.0 Å². The van der Waals surface area contributed by atoms with Crippen molar-refractivity contribution < 1.29 is 34.0 Å². The van der Waals surface area contributed by atoms with Crippen LogP contribution in [0.1, 0.15) is 39.2 Å². The zero-order valence-electron chi connectivity index (χ0n) is 17.2. The highest BCUT2D eigenvalue weighted by molar-refractivity contribution is 6.27. The highest BCUT2D eigenvalue weighted by Gasteiger charge is 2.06. The Bertz CT molecular complexity index is 564. The van der Waals surface area contributed by atoms with E-state index in [1.807, 2.05) is 19.1 Å². The molecular formula is C20H33NO7. The van der Waals surface area contributed by atoms with Crippen LogP contribution in [0.25, 0.3) is 0 Å². The Hall–Kier alpha value is -2.32. The fourth-order valence-corrected chi connectivity index (χ4v) is 2.02. The summed E-state index contributed by atoms with van der Waals surface area (Å²) in [4.78, 5) is 18.2. The Morgan fingerprint density at radius 1 is 1.11 bits per heavy atom. The van der Waals surface area contributed by atoms with Crippen LogP contribution >= 0.6 is 0 Å². The molecule has 1 aromatic rings. The van der Waals surface area contributed by atoms with Crippen LogP contribution in [0.3, 0.4) is 0 Å². The highest BCUT2D eigenvalue weighted by Crippen LogP contribution is 2.28. The van der Waals surface area contributed by atoms with E-state index in [1.165, 1.54) is 5.56 Å². The van der Waals surface area contributed by atoms with Crippen LogP contribution in [0.15, 0.2) is 18.2 Å². The van der Waals surface area contributed by atoms with Gasteiger partial charge in [-0.15, -0.1) is 0 Å². The van der Waals surface area contributed by atoms with E-state index in [9.17, 15) is 0 Å². The van der Waals surface area contributed by atoms with Crippen molar-refractivity contribution in [2.75, 3.05) is 33.5 Å². The number of carboxylic acids is 2. The number of carboxylic acid groups (broad SMARTS) is 2. The van der Waals surface area contributed by atoms with E-state index in [0.717, 1.165) is 57.3 Å². The van der Waals surface area contributed by atoms with E-state index in [-0.39, 0.29) is 0 Å². The number of carbonyl (C=O) groups is 2. The van der Waals surface area contributed by atoms with Gasteiger partial charge < -0.3 is 29.7 Å². The van der Waals surface area contributed by atoms with Gasteiger partial charge in [0.15, 0.2) is 11.5 Å². The number of ether oxygens (including phenoxy) is 3. The summed E-state index contributed by atoms with van der Waals surface area (Å²) in [6.45, 7) is 10.5. The fourth-order valence-electron chi connectivity index (χ4n) is 2.02. The number of rotatable bonds is 12. The lowest BCUT2D eigenvalue weighted by atomic mass is 10.1. The molecule has 28 heavy (non-hydrogen) atoms. The summed E-state index contributed by atoms with van der Waals surface area (Å²) in [5.74, 6) is -1.38. The van der Waals surface area contributed by atoms with Crippen LogP contribution in [0, 0.1) is 5.92 Å². The lowest BCUT2D eigenvalue weighted by Crippen LogP contribution is -2.16. The molecule has 8 heteroatoms.